The first kappa shape index (κ1) is 14.1. The first-order valence-electron chi connectivity index (χ1n) is 6.54. The van der Waals surface area contributed by atoms with Crippen molar-refractivity contribution in [2.24, 2.45) is 0 Å². The predicted octanol–water partition coefficient (Wildman–Crippen LogP) is 1.42. The highest BCUT2D eigenvalue weighted by Crippen LogP contribution is 2.22. The number of rotatable bonds is 4. The van der Waals surface area contributed by atoms with Crippen LogP contribution in [0.2, 0.25) is 0 Å². The zero-order valence-electron chi connectivity index (χ0n) is 11.6. The van der Waals surface area contributed by atoms with Crippen LogP contribution in [-0.2, 0) is 15.9 Å². The minimum absolute atomic E-state index is 0.0216. The van der Waals surface area contributed by atoms with Gasteiger partial charge in [0.2, 0.25) is 0 Å². The summed E-state index contributed by atoms with van der Waals surface area (Å²) in [4.78, 5) is 9.95. The molecule has 1 aliphatic rings. The largest absolute Gasteiger partial charge is 0.382 e. The van der Waals surface area contributed by atoms with Gasteiger partial charge in [0.25, 0.3) is 0 Å². The molecule has 0 spiro atoms. The SMILES string of the molecule is CCc1ncnc(N2CC(C)OC(COC)C2)c1F. The Bertz CT molecular complexity index is 430. The van der Waals surface area contributed by atoms with E-state index in [-0.39, 0.29) is 18.0 Å². The number of ether oxygens (including phenoxy) is 2. The lowest BCUT2D eigenvalue weighted by molar-refractivity contribution is -0.0514. The van der Waals surface area contributed by atoms with Gasteiger partial charge in [0, 0.05) is 20.2 Å². The highest BCUT2D eigenvalue weighted by molar-refractivity contribution is 5.41. The number of halogens is 1. The lowest BCUT2D eigenvalue weighted by Crippen LogP contribution is -2.49. The molecule has 0 saturated carbocycles. The number of hydrogen-bond acceptors (Lipinski definition) is 5. The second-order valence-corrected chi connectivity index (χ2v) is 4.74. The summed E-state index contributed by atoms with van der Waals surface area (Å²) in [5.41, 5.74) is 0.451. The van der Waals surface area contributed by atoms with Crippen LogP contribution in [0, 0.1) is 5.82 Å². The van der Waals surface area contributed by atoms with Gasteiger partial charge in [0.05, 0.1) is 24.5 Å². The molecule has 1 aromatic rings. The molecule has 0 radical (unpaired) electrons. The van der Waals surface area contributed by atoms with E-state index in [1.165, 1.54) is 6.33 Å². The summed E-state index contributed by atoms with van der Waals surface area (Å²) in [7, 11) is 1.63. The van der Waals surface area contributed by atoms with Crippen LogP contribution in [0.3, 0.4) is 0 Å². The maximum atomic E-state index is 14.3. The summed E-state index contributed by atoms with van der Waals surface area (Å²) in [6.45, 7) is 5.54. The molecule has 1 saturated heterocycles. The Morgan fingerprint density at radius 1 is 1.47 bits per heavy atom. The first-order chi connectivity index (χ1) is 9.15. The van der Waals surface area contributed by atoms with Crippen LogP contribution in [0.25, 0.3) is 0 Å². The molecule has 2 unspecified atom stereocenters. The maximum Gasteiger partial charge on any atom is 0.187 e. The van der Waals surface area contributed by atoms with Crippen molar-refractivity contribution in [2.75, 3.05) is 31.7 Å². The van der Waals surface area contributed by atoms with E-state index in [0.717, 1.165) is 0 Å². The Kier molecular flexibility index (Phi) is 4.66. The van der Waals surface area contributed by atoms with Crippen molar-refractivity contribution in [3.8, 4) is 0 Å². The van der Waals surface area contributed by atoms with E-state index in [2.05, 4.69) is 9.97 Å². The van der Waals surface area contributed by atoms with Crippen LogP contribution in [0.5, 0.6) is 0 Å². The van der Waals surface area contributed by atoms with Crippen LogP contribution in [0.1, 0.15) is 19.5 Å². The number of aromatic nitrogens is 2. The van der Waals surface area contributed by atoms with E-state index in [9.17, 15) is 4.39 Å². The molecule has 19 heavy (non-hydrogen) atoms. The number of hydrogen-bond donors (Lipinski definition) is 0. The fourth-order valence-electron chi connectivity index (χ4n) is 2.36. The second kappa shape index (κ2) is 6.25. The number of nitrogens with zero attached hydrogens (tertiary/aromatic N) is 3. The number of anilines is 1. The average Bonchev–Trinajstić information content (AvgIpc) is 2.38. The molecule has 2 atom stereocenters. The van der Waals surface area contributed by atoms with Crippen molar-refractivity contribution in [3.63, 3.8) is 0 Å². The third-order valence-corrected chi connectivity index (χ3v) is 3.16. The van der Waals surface area contributed by atoms with Crippen LogP contribution < -0.4 is 4.90 Å². The molecule has 2 heterocycles. The molecule has 1 aromatic heterocycles. The third kappa shape index (κ3) is 3.19. The molecule has 1 aliphatic heterocycles. The molecule has 0 aromatic carbocycles. The topological polar surface area (TPSA) is 47.5 Å². The van der Waals surface area contributed by atoms with Crippen molar-refractivity contribution in [2.45, 2.75) is 32.5 Å². The molecule has 1 fully saturated rings. The minimum Gasteiger partial charge on any atom is -0.382 e. The van der Waals surface area contributed by atoms with Gasteiger partial charge in [0.1, 0.15) is 6.33 Å². The molecule has 0 bridgehead atoms. The van der Waals surface area contributed by atoms with Crippen molar-refractivity contribution < 1.29 is 13.9 Å². The summed E-state index contributed by atoms with van der Waals surface area (Å²) < 4.78 is 25.1. The molecule has 2 rings (SSSR count). The lowest BCUT2D eigenvalue weighted by Gasteiger charge is -2.37. The molecular formula is C13H20FN3O2. The van der Waals surface area contributed by atoms with Gasteiger partial charge in [-0.25, -0.2) is 14.4 Å². The van der Waals surface area contributed by atoms with E-state index in [1.54, 1.807) is 7.11 Å². The summed E-state index contributed by atoms with van der Waals surface area (Å²) >= 11 is 0. The summed E-state index contributed by atoms with van der Waals surface area (Å²) in [5.74, 6) is 0.0402. The van der Waals surface area contributed by atoms with E-state index in [0.29, 0.717) is 37.6 Å². The third-order valence-electron chi connectivity index (χ3n) is 3.16. The number of morpholine rings is 1. The lowest BCUT2D eigenvalue weighted by atomic mass is 10.2. The molecule has 0 aliphatic carbocycles. The van der Waals surface area contributed by atoms with Gasteiger partial charge >= 0.3 is 0 Å². The van der Waals surface area contributed by atoms with Crippen molar-refractivity contribution in [3.05, 3.63) is 17.8 Å². The first-order valence-corrected chi connectivity index (χ1v) is 6.54. The molecule has 6 heteroatoms. The standard InChI is InChI=1S/C13H20FN3O2/c1-4-11-12(14)13(16-8-15-11)17-5-9(2)19-10(6-17)7-18-3/h8-10H,4-7H2,1-3H3. The Hall–Kier alpha value is -1.27. The highest BCUT2D eigenvalue weighted by atomic mass is 19.1. The molecule has 5 nitrogen and oxygen atoms in total. The van der Waals surface area contributed by atoms with Gasteiger partial charge < -0.3 is 14.4 Å². The Labute approximate surface area is 112 Å². The monoisotopic (exact) mass is 269 g/mol. The molecule has 0 N–H and O–H groups in total. The van der Waals surface area contributed by atoms with Crippen LogP contribution in [-0.4, -0.2) is 49.0 Å². The summed E-state index contributed by atoms with van der Waals surface area (Å²) in [6, 6.07) is 0. The van der Waals surface area contributed by atoms with Crippen molar-refractivity contribution in [1.29, 1.82) is 0 Å². The Balaban J connectivity index is 2.20. The fraction of sp³-hybridized carbons (Fsp3) is 0.692. The van der Waals surface area contributed by atoms with E-state index in [4.69, 9.17) is 9.47 Å². The second-order valence-electron chi connectivity index (χ2n) is 4.74. The van der Waals surface area contributed by atoms with E-state index in [1.807, 2.05) is 18.7 Å². The van der Waals surface area contributed by atoms with Crippen LogP contribution in [0.4, 0.5) is 10.2 Å². The quantitative estimate of drug-likeness (QED) is 0.827. The highest BCUT2D eigenvalue weighted by Gasteiger charge is 2.28. The minimum atomic E-state index is -0.324. The van der Waals surface area contributed by atoms with Gasteiger partial charge in [-0.1, -0.05) is 6.92 Å². The van der Waals surface area contributed by atoms with Crippen LogP contribution >= 0.6 is 0 Å². The average molecular weight is 269 g/mol. The smallest absolute Gasteiger partial charge is 0.187 e. The van der Waals surface area contributed by atoms with Gasteiger partial charge in [-0.05, 0) is 13.3 Å². The normalized spacial score (nSPS) is 23.7. The Morgan fingerprint density at radius 3 is 2.95 bits per heavy atom. The number of aryl methyl sites for hydroxylation is 1. The zero-order chi connectivity index (χ0) is 13.8. The summed E-state index contributed by atoms with van der Waals surface area (Å²) in [6.07, 6.45) is 1.94. The molecule has 106 valence electrons. The predicted molar refractivity (Wildman–Crippen MR) is 69.8 cm³/mol. The zero-order valence-corrected chi connectivity index (χ0v) is 11.6. The van der Waals surface area contributed by atoms with Gasteiger partial charge in [-0.15, -0.1) is 0 Å². The number of methoxy groups -OCH3 is 1. The fourth-order valence-corrected chi connectivity index (χ4v) is 2.36. The van der Waals surface area contributed by atoms with E-state index < -0.39 is 0 Å². The molecular weight excluding hydrogens is 249 g/mol. The van der Waals surface area contributed by atoms with Crippen molar-refractivity contribution >= 4 is 5.82 Å². The van der Waals surface area contributed by atoms with Gasteiger partial charge in [-0.2, -0.15) is 0 Å². The van der Waals surface area contributed by atoms with Gasteiger partial charge in [-0.3, -0.25) is 0 Å². The maximum absolute atomic E-state index is 14.3. The summed E-state index contributed by atoms with van der Waals surface area (Å²) in [5, 5.41) is 0. The van der Waals surface area contributed by atoms with E-state index >= 15 is 0 Å². The van der Waals surface area contributed by atoms with Crippen molar-refractivity contribution in [1.82, 2.24) is 9.97 Å². The molecule has 0 amide bonds. The van der Waals surface area contributed by atoms with Crippen LogP contribution in [0.15, 0.2) is 6.33 Å². The van der Waals surface area contributed by atoms with Gasteiger partial charge in [0.15, 0.2) is 11.6 Å². The Morgan fingerprint density at radius 2 is 2.26 bits per heavy atom.